The second kappa shape index (κ2) is 8.05. The van der Waals surface area contributed by atoms with Gasteiger partial charge in [-0.05, 0) is 40.1 Å². The molecule has 0 unspecified atom stereocenters. The third kappa shape index (κ3) is 3.53. The second-order valence-corrected chi connectivity index (χ2v) is 8.56. The fourth-order valence-electron chi connectivity index (χ4n) is 4.28. The summed E-state index contributed by atoms with van der Waals surface area (Å²) < 4.78 is 0. The maximum absolute atomic E-state index is 13.2. The van der Waals surface area contributed by atoms with Gasteiger partial charge in [0.1, 0.15) is 0 Å². The molecule has 1 fully saturated rings. The summed E-state index contributed by atoms with van der Waals surface area (Å²) in [6.45, 7) is 4.82. The minimum atomic E-state index is -0.189. The van der Waals surface area contributed by atoms with Crippen molar-refractivity contribution in [1.82, 2.24) is 9.80 Å². The van der Waals surface area contributed by atoms with Gasteiger partial charge in [0.05, 0.1) is 23.4 Å². The van der Waals surface area contributed by atoms with Crippen molar-refractivity contribution in [3.63, 3.8) is 0 Å². The zero-order valence-electron chi connectivity index (χ0n) is 16.7. The largest absolute Gasteiger partial charge is 0.368 e. The smallest absolute Gasteiger partial charge is 0.263 e. The monoisotopic (exact) mass is 417 g/mol. The first-order valence-corrected chi connectivity index (χ1v) is 11.2. The first-order chi connectivity index (χ1) is 14.7. The average molecular weight is 418 g/mol. The second-order valence-electron chi connectivity index (χ2n) is 7.78. The number of piperazine rings is 1. The molecule has 1 saturated heterocycles. The molecule has 6 heteroatoms. The van der Waals surface area contributed by atoms with E-state index in [9.17, 15) is 9.59 Å². The van der Waals surface area contributed by atoms with Crippen LogP contribution in [0.4, 0.5) is 5.69 Å². The highest BCUT2D eigenvalue weighted by molar-refractivity contribution is 7.07. The van der Waals surface area contributed by atoms with Crippen LogP contribution < -0.4 is 4.90 Å². The van der Waals surface area contributed by atoms with E-state index in [1.807, 2.05) is 35.0 Å². The third-order valence-electron chi connectivity index (χ3n) is 5.86. The number of benzene rings is 2. The molecule has 5 nitrogen and oxygen atoms in total. The Morgan fingerprint density at radius 2 is 1.57 bits per heavy atom. The standard InChI is InChI=1S/C24H23N3O2S/c28-23-20-7-4-8-21(22(20)24(29)27(23)16-19-9-14-30-17-19)26-12-10-25(11-13-26)15-18-5-2-1-3-6-18/h1-9,14,17H,10-13,15-16H2. The van der Waals surface area contributed by atoms with Crippen LogP contribution in [0.3, 0.4) is 0 Å². The zero-order chi connectivity index (χ0) is 20.5. The highest BCUT2D eigenvalue weighted by Gasteiger charge is 2.38. The van der Waals surface area contributed by atoms with Crippen LogP contribution >= 0.6 is 11.3 Å². The number of fused-ring (bicyclic) bond motifs is 1. The molecule has 2 amide bonds. The molecule has 0 aliphatic carbocycles. The van der Waals surface area contributed by atoms with Crippen LogP contribution in [0.25, 0.3) is 0 Å². The molecule has 0 atom stereocenters. The van der Waals surface area contributed by atoms with E-state index in [1.54, 1.807) is 17.4 Å². The van der Waals surface area contributed by atoms with Crippen molar-refractivity contribution in [2.45, 2.75) is 13.1 Å². The molecule has 2 aliphatic heterocycles. The van der Waals surface area contributed by atoms with Crippen LogP contribution in [0.1, 0.15) is 31.8 Å². The normalized spacial score (nSPS) is 16.9. The molecule has 30 heavy (non-hydrogen) atoms. The Morgan fingerprint density at radius 1 is 0.767 bits per heavy atom. The van der Waals surface area contributed by atoms with Gasteiger partial charge in [0.2, 0.25) is 0 Å². The molecule has 0 radical (unpaired) electrons. The number of thiophene rings is 1. The average Bonchev–Trinajstić information content (AvgIpc) is 3.38. The van der Waals surface area contributed by atoms with Crippen molar-refractivity contribution in [3.8, 4) is 0 Å². The third-order valence-corrected chi connectivity index (χ3v) is 6.59. The Hall–Kier alpha value is -2.96. The van der Waals surface area contributed by atoms with Crippen LogP contribution in [0, 0.1) is 0 Å². The van der Waals surface area contributed by atoms with Gasteiger partial charge >= 0.3 is 0 Å². The lowest BCUT2D eigenvalue weighted by Gasteiger charge is -2.36. The maximum Gasteiger partial charge on any atom is 0.263 e. The Bertz CT molecular complexity index is 1060. The molecule has 0 N–H and O–H groups in total. The Kier molecular flexibility index (Phi) is 5.11. The van der Waals surface area contributed by atoms with Crippen molar-refractivity contribution in [2.24, 2.45) is 0 Å². The first-order valence-electron chi connectivity index (χ1n) is 10.2. The van der Waals surface area contributed by atoms with E-state index in [-0.39, 0.29) is 11.8 Å². The van der Waals surface area contributed by atoms with Gasteiger partial charge in [-0.3, -0.25) is 19.4 Å². The molecule has 0 bridgehead atoms. The van der Waals surface area contributed by atoms with Crippen LogP contribution in [0.15, 0.2) is 65.4 Å². The molecule has 0 saturated carbocycles. The van der Waals surface area contributed by atoms with Crippen LogP contribution in [-0.4, -0.2) is 47.8 Å². The number of amides is 2. The van der Waals surface area contributed by atoms with Gasteiger partial charge in [-0.2, -0.15) is 11.3 Å². The van der Waals surface area contributed by atoms with Crippen LogP contribution in [-0.2, 0) is 13.1 Å². The van der Waals surface area contributed by atoms with Gasteiger partial charge in [0.15, 0.2) is 0 Å². The first kappa shape index (κ1) is 19.0. The topological polar surface area (TPSA) is 43.9 Å². The molecule has 2 aliphatic rings. The highest BCUT2D eigenvalue weighted by Crippen LogP contribution is 2.33. The van der Waals surface area contributed by atoms with E-state index in [0.29, 0.717) is 17.7 Å². The van der Waals surface area contributed by atoms with Crippen molar-refractivity contribution in [2.75, 3.05) is 31.1 Å². The van der Waals surface area contributed by atoms with Gasteiger partial charge in [-0.25, -0.2) is 0 Å². The van der Waals surface area contributed by atoms with Crippen molar-refractivity contribution in [1.29, 1.82) is 0 Å². The predicted molar refractivity (Wildman–Crippen MR) is 119 cm³/mol. The molecular formula is C24H23N3O2S. The molecule has 0 spiro atoms. The van der Waals surface area contributed by atoms with Gasteiger partial charge in [-0.1, -0.05) is 36.4 Å². The molecular weight excluding hydrogens is 394 g/mol. The van der Waals surface area contributed by atoms with Crippen molar-refractivity contribution in [3.05, 3.63) is 87.6 Å². The van der Waals surface area contributed by atoms with Gasteiger partial charge in [0, 0.05) is 32.7 Å². The number of imide groups is 1. The summed E-state index contributed by atoms with van der Waals surface area (Å²) in [6, 6.07) is 18.1. The summed E-state index contributed by atoms with van der Waals surface area (Å²) in [5.74, 6) is -0.366. The Labute approximate surface area is 180 Å². The fraction of sp³-hybridized carbons (Fsp3) is 0.250. The van der Waals surface area contributed by atoms with Crippen LogP contribution in [0.2, 0.25) is 0 Å². The molecule has 2 aromatic carbocycles. The van der Waals surface area contributed by atoms with Crippen molar-refractivity contribution >= 4 is 28.8 Å². The number of carbonyl (C=O) groups is 2. The lowest BCUT2D eigenvalue weighted by molar-refractivity contribution is 0.0642. The molecule has 152 valence electrons. The van der Waals surface area contributed by atoms with E-state index in [4.69, 9.17) is 0 Å². The Morgan fingerprint density at radius 3 is 2.30 bits per heavy atom. The highest BCUT2D eigenvalue weighted by atomic mass is 32.1. The van der Waals surface area contributed by atoms with Gasteiger partial charge < -0.3 is 4.90 Å². The summed E-state index contributed by atoms with van der Waals surface area (Å²) in [5, 5.41) is 3.95. The van der Waals surface area contributed by atoms with E-state index < -0.39 is 0 Å². The summed E-state index contributed by atoms with van der Waals surface area (Å²) in [4.78, 5) is 32.1. The number of carbonyl (C=O) groups excluding carboxylic acids is 2. The predicted octanol–water partition coefficient (Wildman–Crippen LogP) is 3.87. The number of hydrogen-bond acceptors (Lipinski definition) is 5. The molecule has 3 aromatic rings. The van der Waals surface area contributed by atoms with Crippen LogP contribution in [0.5, 0.6) is 0 Å². The van der Waals surface area contributed by atoms with E-state index >= 15 is 0 Å². The number of nitrogens with zero attached hydrogens (tertiary/aromatic N) is 3. The minimum absolute atomic E-state index is 0.177. The van der Waals surface area contributed by atoms with Gasteiger partial charge in [-0.15, -0.1) is 0 Å². The molecule has 5 rings (SSSR count). The fourth-order valence-corrected chi connectivity index (χ4v) is 4.94. The summed E-state index contributed by atoms with van der Waals surface area (Å²) in [5.41, 5.74) is 4.29. The molecule has 1 aromatic heterocycles. The summed E-state index contributed by atoms with van der Waals surface area (Å²) in [6.07, 6.45) is 0. The van der Waals surface area contributed by atoms with E-state index in [0.717, 1.165) is 44.0 Å². The maximum atomic E-state index is 13.2. The molecule has 3 heterocycles. The van der Waals surface area contributed by atoms with Crippen molar-refractivity contribution < 1.29 is 9.59 Å². The summed E-state index contributed by atoms with van der Waals surface area (Å²) >= 11 is 1.57. The lowest BCUT2D eigenvalue weighted by Crippen LogP contribution is -2.46. The number of anilines is 1. The Balaban J connectivity index is 1.32. The quantitative estimate of drug-likeness (QED) is 0.591. The SMILES string of the molecule is O=C1c2cccc(N3CCN(Cc4ccccc4)CC3)c2C(=O)N1Cc1ccsc1. The zero-order valence-corrected chi connectivity index (χ0v) is 17.5. The number of hydrogen-bond donors (Lipinski definition) is 0. The summed E-state index contributed by atoms with van der Waals surface area (Å²) in [7, 11) is 0. The minimum Gasteiger partial charge on any atom is -0.368 e. The van der Waals surface area contributed by atoms with Gasteiger partial charge in [0.25, 0.3) is 11.8 Å². The lowest BCUT2D eigenvalue weighted by atomic mass is 10.1. The van der Waals surface area contributed by atoms with E-state index in [2.05, 4.69) is 34.1 Å². The number of rotatable bonds is 5. The van der Waals surface area contributed by atoms with E-state index in [1.165, 1.54) is 10.5 Å².